The van der Waals surface area contributed by atoms with Gasteiger partial charge in [0.2, 0.25) is 0 Å². The predicted molar refractivity (Wildman–Crippen MR) is 119 cm³/mol. The van der Waals surface area contributed by atoms with E-state index < -0.39 is 6.09 Å². The number of nitrogens with one attached hydrogen (secondary N) is 2. The molecule has 2 rings (SSSR count). The van der Waals surface area contributed by atoms with Crippen molar-refractivity contribution in [3.05, 3.63) is 53.6 Å². The van der Waals surface area contributed by atoms with Gasteiger partial charge in [-0.25, -0.2) is 4.79 Å². The van der Waals surface area contributed by atoms with E-state index in [-0.39, 0.29) is 0 Å². The summed E-state index contributed by atoms with van der Waals surface area (Å²) in [6.45, 7) is 8.79. The summed E-state index contributed by atoms with van der Waals surface area (Å²) < 4.78 is 10.1. The summed E-state index contributed by atoms with van der Waals surface area (Å²) in [4.78, 5) is 11.5. The zero-order valence-electron chi connectivity index (χ0n) is 17.7. The number of nitrogens with zero attached hydrogens (tertiary/aromatic N) is 1. The second-order valence-electron chi connectivity index (χ2n) is 5.58. The molecule has 1 amide bonds. The Balaban J connectivity index is 0.00000204. The highest BCUT2D eigenvalue weighted by Gasteiger charge is 2.09. The maximum absolute atomic E-state index is 11.5. The molecule has 0 unspecified atom stereocenters. The second kappa shape index (κ2) is 12.8. The van der Waals surface area contributed by atoms with Crippen LogP contribution in [0.25, 0.3) is 11.6 Å². The van der Waals surface area contributed by atoms with Crippen LogP contribution in [0.2, 0.25) is 0 Å². The Morgan fingerprint density at radius 2 is 1.83 bits per heavy atom. The molecule has 6 nitrogen and oxygen atoms in total. The van der Waals surface area contributed by atoms with Gasteiger partial charge < -0.3 is 14.8 Å². The van der Waals surface area contributed by atoms with Crippen molar-refractivity contribution in [3.8, 4) is 11.8 Å². The molecule has 0 radical (unpaired) electrons. The van der Waals surface area contributed by atoms with Gasteiger partial charge in [-0.15, -0.1) is 0 Å². The lowest BCUT2D eigenvalue weighted by molar-refractivity contribution is 0.168. The SMILES string of the molecule is CC.CCNc1cc(OC)ccc1/C(C#N)=C/c1ccc(NC(=O)OCC)cc1. The Kier molecular flexibility index (Phi) is 10.4. The first-order valence-corrected chi connectivity index (χ1v) is 9.69. The van der Waals surface area contributed by atoms with E-state index in [4.69, 9.17) is 9.47 Å². The molecule has 0 aliphatic heterocycles. The van der Waals surface area contributed by atoms with Crippen molar-refractivity contribution in [1.29, 1.82) is 5.26 Å². The van der Waals surface area contributed by atoms with Crippen LogP contribution in [0.4, 0.5) is 16.2 Å². The van der Waals surface area contributed by atoms with Crippen LogP contribution in [0.1, 0.15) is 38.8 Å². The van der Waals surface area contributed by atoms with Crippen LogP contribution in [0.3, 0.4) is 0 Å². The first kappa shape index (κ1) is 23.6. The minimum Gasteiger partial charge on any atom is -0.497 e. The summed E-state index contributed by atoms with van der Waals surface area (Å²) in [5.74, 6) is 0.724. The highest BCUT2D eigenvalue weighted by Crippen LogP contribution is 2.29. The number of benzene rings is 2. The minimum atomic E-state index is -0.493. The van der Waals surface area contributed by atoms with Gasteiger partial charge in [0.25, 0.3) is 0 Å². The molecule has 0 saturated carbocycles. The van der Waals surface area contributed by atoms with E-state index in [0.717, 1.165) is 29.1 Å². The van der Waals surface area contributed by atoms with Gasteiger partial charge >= 0.3 is 6.09 Å². The van der Waals surface area contributed by atoms with E-state index in [1.807, 2.05) is 51.1 Å². The minimum absolute atomic E-state index is 0.314. The molecule has 0 spiro atoms. The summed E-state index contributed by atoms with van der Waals surface area (Å²) in [6, 6.07) is 15.0. The first-order valence-electron chi connectivity index (χ1n) is 9.69. The third-order valence-electron chi connectivity index (χ3n) is 3.75. The Morgan fingerprint density at radius 3 is 2.38 bits per heavy atom. The average molecular weight is 396 g/mol. The fourth-order valence-corrected chi connectivity index (χ4v) is 2.51. The number of carbonyl (C=O) groups excluding carboxylic acids is 1. The van der Waals surface area contributed by atoms with E-state index in [1.165, 1.54) is 0 Å². The van der Waals surface area contributed by atoms with Crippen LogP contribution in [0.15, 0.2) is 42.5 Å². The Bertz CT molecular complexity index is 853. The first-order chi connectivity index (χ1) is 14.1. The van der Waals surface area contributed by atoms with Gasteiger partial charge in [-0.3, -0.25) is 5.32 Å². The molecule has 0 saturated heterocycles. The third-order valence-corrected chi connectivity index (χ3v) is 3.75. The smallest absolute Gasteiger partial charge is 0.411 e. The van der Waals surface area contributed by atoms with E-state index >= 15 is 0 Å². The lowest BCUT2D eigenvalue weighted by Crippen LogP contribution is -2.13. The van der Waals surface area contributed by atoms with Gasteiger partial charge in [0.15, 0.2) is 0 Å². The quantitative estimate of drug-likeness (QED) is 0.458. The van der Waals surface area contributed by atoms with Crippen molar-refractivity contribution in [2.45, 2.75) is 27.7 Å². The van der Waals surface area contributed by atoms with Crippen LogP contribution in [0, 0.1) is 11.3 Å². The van der Waals surface area contributed by atoms with Gasteiger partial charge in [0.1, 0.15) is 5.75 Å². The molecule has 2 N–H and O–H groups in total. The molecule has 0 aromatic heterocycles. The number of carbonyl (C=O) groups is 1. The Labute approximate surface area is 173 Å². The molecule has 2 aromatic rings. The molecule has 0 bridgehead atoms. The predicted octanol–water partition coefficient (Wildman–Crippen LogP) is 5.79. The van der Waals surface area contributed by atoms with E-state index in [9.17, 15) is 10.1 Å². The van der Waals surface area contributed by atoms with Crippen molar-refractivity contribution in [2.24, 2.45) is 0 Å². The van der Waals surface area contributed by atoms with Crippen molar-refractivity contribution >= 4 is 29.1 Å². The monoisotopic (exact) mass is 395 g/mol. The van der Waals surface area contributed by atoms with Crippen molar-refractivity contribution in [2.75, 3.05) is 30.9 Å². The molecule has 0 heterocycles. The van der Waals surface area contributed by atoms with Gasteiger partial charge in [-0.1, -0.05) is 26.0 Å². The molecule has 0 fully saturated rings. The number of allylic oxidation sites excluding steroid dienone is 1. The van der Waals surface area contributed by atoms with Crippen LogP contribution in [0.5, 0.6) is 5.75 Å². The normalized spacial score (nSPS) is 10.1. The zero-order chi connectivity index (χ0) is 21.6. The number of hydrogen-bond donors (Lipinski definition) is 2. The molecular formula is C23H29N3O3. The van der Waals surface area contributed by atoms with Crippen LogP contribution in [-0.2, 0) is 4.74 Å². The van der Waals surface area contributed by atoms with Crippen molar-refractivity contribution in [1.82, 2.24) is 0 Å². The van der Waals surface area contributed by atoms with Gasteiger partial charge in [0.05, 0.1) is 25.4 Å². The molecular weight excluding hydrogens is 366 g/mol. The van der Waals surface area contributed by atoms with Gasteiger partial charge in [-0.05, 0) is 49.8 Å². The van der Waals surface area contributed by atoms with Gasteiger partial charge in [0, 0.05) is 29.5 Å². The summed E-state index contributed by atoms with van der Waals surface area (Å²) in [5.41, 5.74) is 3.64. The van der Waals surface area contributed by atoms with Crippen molar-refractivity contribution in [3.63, 3.8) is 0 Å². The van der Waals surface area contributed by atoms with Crippen molar-refractivity contribution < 1.29 is 14.3 Å². The molecule has 2 aromatic carbocycles. The number of hydrogen-bond acceptors (Lipinski definition) is 5. The fourth-order valence-electron chi connectivity index (χ4n) is 2.51. The van der Waals surface area contributed by atoms with E-state index in [1.54, 1.807) is 32.2 Å². The number of methoxy groups -OCH3 is 1. The molecule has 0 aliphatic rings. The number of anilines is 2. The molecule has 6 heteroatoms. The molecule has 0 aliphatic carbocycles. The maximum Gasteiger partial charge on any atom is 0.411 e. The molecule has 154 valence electrons. The summed E-state index contributed by atoms with van der Waals surface area (Å²) in [7, 11) is 1.61. The van der Waals surface area contributed by atoms with Crippen LogP contribution >= 0.6 is 0 Å². The topological polar surface area (TPSA) is 83.4 Å². The highest BCUT2D eigenvalue weighted by atomic mass is 16.5. The third kappa shape index (κ3) is 7.23. The molecule has 29 heavy (non-hydrogen) atoms. The lowest BCUT2D eigenvalue weighted by atomic mass is 10.0. The standard InChI is InChI=1S/C21H23N3O3.C2H6/c1-4-23-20-13-18(26-3)10-11-19(20)16(14-22)12-15-6-8-17(9-7-15)24-21(25)27-5-2;1-2/h6-13,23H,4-5H2,1-3H3,(H,24,25);1-2H3/b16-12+;. The highest BCUT2D eigenvalue weighted by molar-refractivity contribution is 5.94. The second-order valence-corrected chi connectivity index (χ2v) is 5.58. The lowest BCUT2D eigenvalue weighted by Gasteiger charge is -2.12. The fraction of sp³-hybridized carbons (Fsp3) is 0.304. The maximum atomic E-state index is 11.5. The average Bonchev–Trinajstić information content (AvgIpc) is 2.75. The number of ether oxygens (including phenoxy) is 2. The van der Waals surface area contributed by atoms with Crippen LogP contribution < -0.4 is 15.4 Å². The van der Waals surface area contributed by atoms with E-state index in [0.29, 0.717) is 17.9 Å². The molecule has 0 atom stereocenters. The number of nitriles is 1. The summed E-state index contributed by atoms with van der Waals surface area (Å²) in [5, 5.41) is 15.5. The number of rotatable bonds is 7. The number of amides is 1. The van der Waals surface area contributed by atoms with Gasteiger partial charge in [-0.2, -0.15) is 5.26 Å². The van der Waals surface area contributed by atoms with Crippen LogP contribution in [-0.4, -0.2) is 26.4 Å². The Hall–Kier alpha value is -3.46. The van der Waals surface area contributed by atoms with E-state index in [2.05, 4.69) is 16.7 Å². The largest absolute Gasteiger partial charge is 0.497 e. The zero-order valence-corrected chi connectivity index (χ0v) is 17.7. The Morgan fingerprint density at radius 1 is 1.14 bits per heavy atom. The summed E-state index contributed by atoms with van der Waals surface area (Å²) >= 11 is 0. The summed E-state index contributed by atoms with van der Waals surface area (Å²) in [6.07, 6.45) is 1.31.